The van der Waals surface area contributed by atoms with Crippen molar-refractivity contribution in [3.05, 3.63) is 35.9 Å². The zero-order valence-electron chi connectivity index (χ0n) is 14.6. The number of hydrogen-bond donors (Lipinski definition) is 0. The van der Waals surface area contributed by atoms with Crippen LogP contribution in [0.2, 0.25) is 0 Å². The maximum Gasteiger partial charge on any atom is 0.325 e. The van der Waals surface area contributed by atoms with E-state index < -0.39 is 22.8 Å². The molecule has 24 heavy (non-hydrogen) atoms. The largest absolute Gasteiger partial charge is 0.465 e. The van der Waals surface area contributed by atoms with Crippen molar-refractivity contribution in [3.63, 3.8) is 0 Å². The van der Waals surface area contributed by atoms with Crippen LogP contribution >= 0.6 is 0 Å². The normalized spacial score (nSPS) is 20.5. The summed E-state index contributed by atoms with van der Waals surface area (Å²) < 4.78 is 10.4. The minimum absolute atomic E-state index is 0.230. The van der Waals surface area contributed by atoms with Gasteiger partial charge in [0.25, 0.3) is 0 Å². The van der Waals surface area contributed by atoms with Gasteiger partial charge in [-0.05, 0) is 38.8 Å². The van der Waals surface area contributed by atoms with E-state index in [0.717, 1.165) is 12.0 Å². The molecule has 0 N–H and O–H groups in total. The Labute approximate surface area is 143 Å². The van der Waals surface area contributed by atoms with Gasteiger partial charge in [0, 0.05) is 5.56 Å². The van der Waals surface area contributed by atoms with Gasteiger partial charge >= 0.3 is 11.9 Å². The number of hydrogen-bond acceptors (Lipinski definition) is 4. The third kappa shape index (κ3) is 3.17. The van der Waals surface area contributed by atoms with E-state index in [9.17, 15) is 9.59 Å². The zero-order chi connectivity index (χ0) is 17.6. The van der Waals surface area contributed by atoms with Gasteiger partial charge in [-0.3, -0.25) is 9.59 Å². The van der Waals surface area contributed by atoms with Crippen LogP contribution in [0.4, 0.5) is 0 Å². The molecule has 2 rings (SSSR count). The summed E-state index contributed by atoms with van der Waals surface area (Å²) in [5.41, 5.74) is -1.12. The lowest BCUT2D eigenvalue weighted by molar-refractivity contribution is -0.165. The monoisotopic (exact) mass is 328 g/mol. The van der Waals surface area contributed by atoms with Crippen molar-refractivity contribution >= 4 is 11.9 Å². The van der Waals surface area contributed by atoms with Crippen LogP contribution in [0.3, 0.4) is 0 Å². The van der Waals surface area contributed by atoms with Gasteiger partial charge in [-0.1, -0.05) is 43.4 Å². The van der Waals surface area contributed by atoms with Crippen LogP contribution in [0, 0.1) is 22.7 Å². The number of benzene rings is 1. The van der Waals surface area contributed by atoms with Crippen molar-refractivity contribution in [2.75, 3.05) is 13.2 Å². The molecule has 0 saturated heterocycles. The Balaban J connectivity index is 2.39. The summed E-state index contributed by atoms with van der Waals surface area (Å²) in [4.78, 5) is 25.1. The Morgan fingerprint density at radius 3 is 2.12 bits per heavy atom. The topological polar surface area (TPSA) is 52.6 Å². The smallest absolute Gasteiger partial charge is 0.325 e. The van der Waals surface area contributed by atoms with E-state index >= 15 is 0 Å². The van der Waals surface area contributed by atoms with Crippen molar-refractivity contribution in [2.24, 2.45) is 10.8 Å². The molecule has 1 aliphatic carbocycles. The van der Waals surface area contributed by atoms with Crippen LogP contribution in [0.1, 0.15) is 45.6 Å². The van der Waals surface area contributed by atoms with Crippen LogP contribution in [-0.4, -0.2) is 25.2 Å². The second kappa shape index (κ2) is 7.53. The highest BCUT2D eigenvalue weighted by molar-refractivity contribution is 6.06. The summed E-state index contributed by atoms with van der Waals surface area (Å²) in [5.74, 6) is 5.29. The number of rotatable bonds is 6. The fourth-order valence-corrected chi connectivity index (χ4v) is 3.19. The quantitative estimate of drug-likeness (QED) is 0.456. The Morgan fingerprint density at radius 1 is 1.04 bits per heavy atom. The fraction of sp³-hybridized carbons (Fsp3) is 0.500. The predicted molar refractivity (Wildman–Crippen MR) is 91.0 cm³/mol. The molecule has 0 radical (unpaired) electrons. The highest BCUT2D eigenvalue weighted by Gasteiger charge is 2.77. The summed E-state index contributed by atoms with van der Waals surface area (Å²) in [6, 6.07) is 9.56. The van der Waals surface area contributed by atoms with Gasteiger partial charge in [-0.15, -0.1) is 0 Å². The van der Waals surface area contributed by atoms with Crippen LogP contribution in [0.5, 0.6) is 0 Å². The molecule has 128 valence electrons. The van der Waals surface area contributed by atoms with E-state index in [1.54, 1.807) is 13.8 Å². The van der Waals surface area contributed by atoms with Gasteiger partial charge < -0.3 is 9.47 Å². The molecule has 4 heteroatoms. The Morgan fingerprint density at radius 2 is 1.62 bits per heavy atom. The summed E-state index contributed by atoms with van der Waals surface area (Å²) in [6.45, 7) is 5.94. The first-order valence-corrected chi connectivity index (χ1v) is 8.49. The standard InChI is InChI=1S/C20H24O4/c1-4-13-19(14-12-16-10-8-7-9-11-16)15-20(19,17(21)23-5-2)18(22)24-6-3/h7-11H,4-6,13,15H2,1-3H3. The van der Waals surface area contributed by atoms with E-state index in [0.29, 0.717) is 12.8 Å². The second-order valence-corrected chi connectivity index (χ2v) is 5.97. The SMILES string of the molecule is CCCC1(C#Cc2ccccc2)CC1(C(=O)OCC)C(=O)OCC. The van der Waals surface area contributed by atoms with Crippen molar-refractivity contribution in [2.45, 2.75) is 40.0 Å². The lowest BCUT2D eigenvalue weighted by Gasteiger charge is -2.19. The van der Waals surface area contributed by atoms with E-state index in [2.05, 4.69) is 11.8 Å². The highest BCUT2D eigenvalue weighted by atomic mass is 16.6. The first-order valence-electron chi connectivity index (χ1n) is 8.49. The van der Waals surface area contributed by atoms with E-state index in [4.69, 9.17) is 9.47 Å². The lowest BCUT2D eigenvalue weighted by Crippen LogP contribution is -2.35. The number of ether oxygens (including phenoxy) is 2. The number of carbonyl (C=O) groups is 2. The maximum absolute atomic E-state index is 12.6. The molecule has 4 nitrogen and oxygen atoms in total. The molecule has 0 amide bonds. The number of carbonyl (C=O) groups excluding carboxylic acids is 2. The number of esters is 2. The third-order valence-corrected chi connectivity index (χ3v) is 4.40. The molecule has 0 bridgehead atoms. The molecule has 1 aromatic rings. The molecule has 1 fully saturated rings. The first kappa shape index (κ1) is 18.1. The summed E-state index contributed by atoms with van der Waals surface area (Å²) in [6.07, 6.45) is 1.85. The Bertz CT molecular complexity index is 635. The van der Waals surface area contributed by atoms with Crippen LogP contribution in [0.15, 0.2) is 30.3 Å². The van der Waals surface area contributed by atoms with Gasteiger partial charge in [-0.25, -0.2) is 0 Å². The van der Waals surface area contributed by atoms with Crippen LogP contribution < -0.4 is 0 Å². The minimum atomic E-state index is -1.28. The maximum atomic E-state index is 12.6. The lowest BCUT2D eigenvalue weighted by atomic mass is 9.88. The van der Waals surface area contributed by atoms with Gasteiger partial charge in [0.05, 0.1) is 18.6 Å². The van der Waals surface area contributed by atoms with Crippen LogP contribution in [0.25, 0.3) is 0 Å². The third-order valence-electron chi connectivity index (χ3n) is 4.40. The van der Waals surface area contributed by atoms with E-state index in [1.807, 2.05) is 37.3 Å². The average molecular weight is 328 g/mol. The Hall–Kier alpha value is -2.28. The molecule has 1 aromatic carbocycles. The zero-order valence-corrected chi connectivity index (χ0v) is 14.6. The van der Waals surface area contributed by atoms with Crippen molar-refractivity contribution < 1.29 is 19.1 Å². The minimum Gasteiger partial charge on any atom is -0.465 e. The predicted octanol–water partition coefficient (Wildman–Crippen LogP) is 3.34. The first-order chi connectivity index (χ1) is 11.6. The summed E-state index contributed by atoms with van der Waals surface area (Å²) in [5, 5.41) is 0. The Kier molecular flexibility index (Phi) is 5.66. The van der Waals surface area contributed by atoms with Crippen molar-refractivity contribution in [3.8, 4) is 11.8 Å². The molecule has 1 atom stereocenters. The van der Waals surface area contributed by atoms with Crippen LogP contribution in [-0.2, 0) is 19.1 Å². The van der Waals surface area contributed by atoms with Crippen molar-refractivity contribution in [1.82, 2.24) is 0 Å². The van der Waals surface area contributed by atoms with Gasteiger partial charge in [0.15, 0.2) is 5.41 Å². The van der Waals surface area contributed by atoms with Crippen molar-refractivity contribution in [1.29, 1.82) is 0 Å². The molecule has 1 aliphatic rings. The molecule has 0 aromatic heterocycles. The molecular formula is C20H24O4. The molecule has 1 unspecified atom stereocenters. The highest BCUT2D eigenvalue weighted by Crippen LogP contribution is 2.67. The molecule has 1 saturated carbocycles. The second-order valence-electron chi connectivity index (χ2n) is 5.97. The summed E-state index contributed by atoms with van der Waals surface area (Å²) >= 11 is 0. The molecule has 0 spiro atoms. The molecular weight excluding hydrogens is 304 g/mol. The van der Waals surface area contributed by atoms with Gasteiger partial charge in [-0.2, -0.15) is 0 Å². The van der Waals surface area contributed by atoms with Gasteiger partial charge in [0.2, 0.25) is 0 Å². The molecule has 0 aliphatic heterocycles. The van der Waals surface area contributed by atoms with E-state index in [-0.39, 0.29) is 13.2 Å². The van der Waals surface area contributed by atoms with Gasteiger partial charge in [0.1, 0.15) is 0 Å². The molecule has 0 heterocycles. The fourth-order valence-electron chi connectivity index (χ4n) is 3.19. The van der Waals surface area contributed by atoms with E-state index in [1.165, 1.54) is 0 Å². The summed E-state index contributed by atoms with van der Waals surface area (Å²) in [7, 11) is 0. The average Bonchev–Trinajstić information content (AvgIpc) is 3.25.